The molecule has 0 bridgehead atoms. The third kappa shape index (κ3) is 4.03. The fourth-order valence-electron chi connectivity index (χ4n) is 2.25. The molecular formula is C18H12ClF2NOS2. The van der Waals surface area contributed by atoms with E-state index in [2.05, 4.69) is 5.32 Å². The normalized spacial score (nSPS) is 10.7. The van der Waals surface area contributed by atoms with Crippen LogP contribution in [0.1, 0.15) is 9.67 Å². The Morgan fingerprint density at radius 2 is 1.84 bits per heavy atom. The van der Waals surface area contributed by atoms with Gasteiger partial charge >= 0.3 is 0 Å². The second-order valence-corrected chi connectivity index (χ2v) is 7.69. The van der Waals surface area contributed by atoms with Crippen molar-refractivity contribution in [1.82, 2.24) is 0 Å². The van der Waals surface area contributed by atoms with Gasteiger partial charge in [-0.1, -0.05) is 23.7 Å². The van der Waals surface area contributed by atoms with Gasteiger partial charge in [0.2, 0.25) is 0 Å². The van der Waals surface area contributed by atoms with Gasteiger partial charge in [-0.2, -0.15) is 0 Å². The van der Waals surface area contributed by atoms with Crippen LogP contribution in [0.5, 0.6) is 0 Å². The Labute approximate surface area is 156 Å². The van der Waals surface area contributed by atoms with Crippen LogP contribution in [0.2, 0.25) is 5.02 Å². The van der Waals surface area contributed by atoms with Gasteiger partial charge < -0.3 is 5.32 Å². The molecular weight excluding hydrogens is 384 g/mol. The Kier molecular flexibility index (Phi) is 5.42. The van der Waals surface area contributed by atoms with Crippen LogP contribution in [0.3, 0.4) is 0 Å². The maximum absolute atomic E-state index is 13.8. The number of anilines is 1. The Balaban J connectivity index is 1.96. The Hall–Kier alpha value is -1.89. The van der Waals surface area contributed by atoms with Crippen molar-refractivity contribution in [2.24, 2.45) is 0 Å². The highest BCUT2D eigenvalue weighted by atomic mass is 35.5. The topological polar surface area (TPSA) is 29.1 Å². The molecule has 0 atom stereocenters. The van der Waals surface area contributed by atoms with E-state index in [0.717, 1.165) is 27.5 Å². The number of nitrogens with one attached hydrogen (secondary N) is 1. The summed E-state index contributed by atoms with van der Waals surface area (Å²) in [6, 6.07) is 12.1. The predicted octanol–water partition coefficient (Wildman–Crippen LogP) is 6.32. The molecule has 0 aliphatic carbocycles. The molecule has 1 heterocycles. The maximum Gasteiger partial charge on any atom is 0.266 e. The van der Waals surface area contributed by atoms with Crippen LogP contribution in [0, 0.1) is 11.6 Å². The Morgan fingerprint density at radius 1 is 1.12 bits per heavy atom. The summed E-state index contributed by atoms with van der Waals surface area (Å²) in [4.78, 5) is 13.1. The smallest absolute Gasteiger partial charge is 0.266 e. The highest BCUT2D eigenvalue weighted by molar-refractivity contribution is 8.00. The summed E-state index contributed by atoms with van der Waals surface area (Å²) < 4.78 is 27.8. The third-order valence-electron chi connectivity index (χ3n) is 3.45. The first-order chi connectivity index (χ1) is 12.0. The number of benzene rings is 2. The van der Waals surface area contributed by atoms with Crippen molar-refractivity contribution >= 4 is 46.3 Å². The molecule has 3 rings (SSSR count). The van der Waals surface area contributed by atoms with Crippen molar-refractivity contribution in [2.75, 3.05) is 11.6 Å². The van der Waals surface area contributed by atoms with Crippen molar-refractivity contribution in [3.63, 3.8) is 0 Å². The van der Waals surface area contributed by atoms with Crippen LogP contribution in [0.4, 0.5) is 14.5 Å². The van der Waals surface area contributed by atoms with E-state index < -0.39 is 17.5 Å². The summed E-state index contributed by atoms with van der Waals surface area (Å²) >= 11 is 8.75. The number of thiophene rings is 1. The molecule has 0 fully saturated rings. The van der Waals surface area contributed by atoms with Gasteiger partial charge in [-0.15, -0.1) is 23.1 Å². The van der Waals surface area contributed by atoms with E-state index in [-0.39, 0.29) is 5.69 Å². The molecule has 128 valence electrons. The van der Waals surface area contributed by atoms with Crippen molar-refractivity contribution in [1.29, 1.82) is 0 Å². The third-order valence-corrected chi connectivity index (χ3v) is 5.90. The zero-order valence-corrected chi connectivity index (χ0v) is 15.4. The molecule has 25 heavy (non-hydrogen) atoms. The number of thioether (sulfide) groups is 1. The van der Waals surface area contributed by atoms with Crippen LogP contribution in [0.25, 0.3) is 11.1 Å². The summed E-state index contributed by atoms with van der Waals surface area (Å²) in [5, 5.41) is 3.11. The number of rotatable bonds is 4. The van der Waals surface area contributed by atoms with Crippen molar-refractivity contribution in [2.45, 2.75) is 4.21 Å². The number of hydrogen-bond donors (Lipinski definition) is 1. The van der Waals surface area contributed by atoms with E-state index in [1.165, 1.54) is 29.2 Å². The summed E-state index contributed by atoms with van der Waals surface area (Å²) in [7, 11) is 0. The van der Waals surface area contributed by atoms with Crippen LogP contribution in [-0.4, -0.2) is 12.2 Å². The highest BCUT2D eigenvalue weighted by Gasteiger charge is 2.19. The summed E-state index contributed by atoms with van der Waals surface area (Å²) in [5.41, 5.74) is 1.52. The first-order valence-corrected chi connectivity index (χ1v) is 9.60. The average Bonchev–Trinajstić information content (AvgIpc) is 3.02. The largest absolute Gasteiger partial charge is 0.319 e. The summed E-state index contributed by atoms with van der Waals surface area (Å²) in [6.45, 7) is 0. The van der Waals surface area contributed by atoms with Gasteiger partial charge in [0.05, 0.1) is 9.90 Å². The van der Waals surface area contributed by atoms with E-state index in [0.29, 0.717) is 9.90 Å². The SMILES string of the molecule is CSc1cc(-c2ccc(Cl)cc2)c(C(=O)Nc2ccc(F)cc2F)s1. The zero-order chi connectivity index (χ0) is 18.0. The summed E-state index contributed by atoms with van der Waals surface area (Å²) in [5.74, 6) is -1.96. The fourth-order valence-corrected chi connectivity index (χ4v) is 4.00. The van der Waals surface area contributed by atoms with Crippen molar-refractivity contribution in [3.8, 4) is 11.1 Å². The van der Waals surface area contributed by atoms with E-state index in [1.807, 2.05) is 24.5 Å². The minimum absolute atomic E-state index is 0.0624. The van der Waals surface area contributed by atoms with Crippen LogP contribution in [-0.2, 0) is 0 Å². The van der Waals surface area contributed by atoms with Gasteiger partial charge in [0, 0.05) is 16.7 Å². The number of carbonyl (C=O) groups excluding carboxylic acids is 1. The zero-order valence-electron chi connectivity index (χ0n) is 13.0. The van der Waals surface area contributed by atoms with Gasteiger partial charge in [-0.25, -0.2) is 8.78 Å². The lowest BCUT2D eigenvalue weighted by Crippen LogP contribution is -2.12. The highest BCUT2D eigenvalue weighted by Crippen LogP contribution is 2.37. The lowest BCUT2D eigenvalue weighted by atomic mass is 10.1. The first kappa shape index (κ1) is 17.9. The molecule has 0 unspecified atom stereocenters. The molecule has 0 aliphatic heterocycles. The number of hydrogen-bond acceptors (Lipinski definition) is 3. The lowest BCUT2D eigenvalue weighted by Gasteiger charge is -2.07. The molecule has 1 aromatic heterocycles. The minimum Gasteiger partial charge on any atom is -0.319 e. The Bertz CT molecular complexity index is 925. The molecule has 0 aliphatic rings. The molecule has 0 saturated heterocycles. The molecule has 7 heteroatoms. The Morgan fingerprint density at radius 3 is 2.48 bits per heavy atom. The standard InChI is InChI=1S/C18H12ClF2NOS2/c1-24-16-9-13(10-2-4-11(19)5-3-10)17(25-16)18(23)22-15-7-6-12(20)8-14(15)21/h2-9H,1H3,(H,22,23). The minimum atomic E-state index is -0.817. The maximum atomic E-state index is 13.8. The van der Waals surface area contributed by atoms with Crippen LogP contribution >= 0.6 is 34.7 Å². The van der Waals surface area contributed by atoms with Gasteiger partial charge in [0.1, 0.15) is 16.5 Å². The second-order valence-electron chi connectivity index (χ2n) is 5.10. The second kappa shape index (κ2) is 7.56. The van der Waals surface area contributed by atoms with E-state index in [9.17, 15) is 13.6 Å². The molecule has 2 nitrogen and oxygen atoms in total. The molecule has 1 N–H and O–H groups in total. The molecule has 0 spiro atoms. The summed E-state index contributed by atoms with van der Waals surface area (Å²) in [6.07, 6.45) is 1.92. The molecule has 0 radical (unpaired) electrons. The number of amides is 1. The van der Waals surface area contributed by atoms with Gasteiger partial charge in [0.25, 0.3) is 5.91 Å². The van der Waals surface area contributed by atoms with Gasteiger partial charge in [-0.3, -0.25) is 4.79 Å². The lowest BCUT2D eigenvalue weighted by molar-refractivity contribution is 0.103. The number of carbonyl (C=O) groups is 1. The van der Waals surface area contributed by atoms with Crippen molar-refractivity contribution in [3.05, 3.63) is 70.1 Å². The fraction of sp³-hybridized carbons (Fsp3) is 0.0556. The predicted molar refractivity (Wildman–Crippen MR) is 101 cm³/mol. The number of halogens is 3. The molecule has 3 aromatic rings. The van der Waals surface area contributed by atoms with Crippen LogP contribution < -0.4 is 5.32 Å². The molecule has 0 saturated carbocycles. The van der Waals surface area contributed by atoms with E-state index in [4.69, 9.17) is 11.6 Å². The monoisotopic (exact) mass is 395 g/mol. The van der Waals surface area contributed by atoms with Gasteiger partial charge in [0.15, 0.2) is 0 Å². The molecule has 2 aromatic carbocycles. The average molecular weight is 396 g/mol. The molecule has 1 amide bonds. The van der Waals surface area contributed by atoms with E-state index in [1.54, 1.807) is 12.1 Å². The first-order valence-electron chi connectivity index (χ1n) is 7.18. The quantitative estimate of drug-likeness (QED) is 0.523. The van der Waals surface area contributed by atoms with E-state index >= 15 is 0 Å². The van der Waals surface area contributed by atoms with Crippen LogP contribution in [0.15, 0.2) is 52.7 Å². The van der Waals surface area contributed by atoms with Gasteiger partial charge in [-0.05, 0) is 42.2 Å². The van der Waals surface area contributed by atoms with Crippen molar-refractivity contribution < 1.29 is 13.6 Å².